The third-order valence-corrected chi connectivity index (χ3v) is 5.84. The van der Waals surface area contributed by atoms with E-state index in [1.165, 1.54) is 5.69 Å². The number of piperidine rings is 1. The number of hydrogen-bond acceptors (Lipinski definition) is 3. The Labute approximate surface area is 134 Å². The molecule has 0 spiro atoms. The van der Waals surface area contributed by atoms with Crippen LogP contribution in [-0.4, -0.2) is 32.8 Å². The lowest BCUT2D eigenvalue weighted by atomic mass is 9.80. The molecule has 1 aromatic rings. The summed E-state index contributed by atoms with van der Waals surface area (Å²) in [5, 5.41) is 4.55. The molecular formula is C14H23BrN4S. The molecule has 0 aromatic carbocycles. The van der Waals surface area contributed by atoms with E-state index in [9.17, 15) is 0 Å². The summed E-state index contributed by atoms with van der Waals surface area (Å²) in [7, 11) is 2.02. The molecule has 0 amide bonds. The normalized spacial score (nSPS) is 19.2. The Bertz CT molecular complexity index is 504. The second-order valence-corrected chi connectivity index (χ2v) is 7.12. The van der Waals surface area contributed by atoms with Crippen LogP contribution in [0.25, 0.3) is 0 Å². The van der Waals surface area contributed by atoms with Crippen molar-refractivity contribution >= 4 is 33.1 Å². The quantitative estimate of drug-likeness (QED) is 0.840. The van der Waals surface area contributed by atoms with Crippen molar-refractivity contribution in [1.82, 2.24) is 14.7 Å². The van der Waals surface area contributed by atoms with E-state index in [4.69, 9.17) is 18.0 Å². The fourth-order valence-corrected chi connectivity index (χ4v) is 3.60. The molecule has 1 aliphatic heterocycles. The van der Waals surface area contributed by atoms with Crippen LogP contribution in [-0.2, 0) is 20.0 Å². The molecule has 2 rings (SSSR count). The summed E-state index contributed by atoms with van der Waals surface area (Å²) in [5.41, 5.74) is 8.27. The highest BCUT2D eigenvalue weighted by atomic mass is 79.9. The first-order valence-electron chi connectivity index (χ1n) is 7.10. The van der Waals surface area contributed by atoms with Crippen LogP contribution in [0, 0.1) is 5.41 Å². The van der Waals surface area contributed by atoms with E-state index in [0.717, 1.165) is 49.1 Å². The van der Waals surface area contributed by atoms with Gasteiger partial charge in [-0.2, -0.15) is 5.10 Å². The summed E-state index contributed by atoms with van der Waals surface area (Å²) in [4.78, 5) is 3.12. The highest BCUT2D eigenvalue weighted by molar-refractivity contribution is 9.10. The molecule has 0 bridgehead atoms. The predicted octanol–water partition coefficient (Wildman–Crippen LogP) is 2.63. The molecule has 112 valence electrons. The Hall–Kier alpha value is -0.460. The van der Waals surface area contributed by atoms with Crippen LogP contribution >= 0.6 is 28.1 Å². The van der Waals surface area contributed by atoms with E-state index in [1.807, 2.05) is 11.7 Å². The molecule has 2 N–H and O–H groups in total. The zero-order valence-electron chi connectivity index (χ0n) is 12.4. The number of halogens is 1. The largest absolute Gasteiger partial charge is 0.393 e. The predicted molar refractivity (Wildman–Crippen MR) is 89.7 cm³/mol. The van der Waals surface area contributed by atoms with Gasteiger partial charge in [0.15, 0.2) is 0 Å². The molecule has 20 heavy (non-hydrogen) atoms. The second kappa shape index (κ2) is 6.12. The van der Waals surface area contributed by atoms with Gasteiger partial charge in [0, 0.05) is 19.0 Å². The molecule has 6 heteroatoms. The van der Waals surface area contributed by atoms with E-state index in [-0.39, 0.29) is 5.41 Å². The van der Waals surface area contributed by atoms with Crippen LogP contribution in [0.1, 0.15) is 38.1 Å². The summed E-state index contributed by atoms with van der Waals surface area (Å²) in [6, 6.07) is 0. The monoisotopic (exact) mass is 358 g/mol. The Kier molecular flexibility index (Phi) is 4.87. The van der Waals surface area contributed by atoms with E-state index >= 15 is 0 Å². The zero-order chi connectivity index (χ0) is 14.9. The number of likely N-dealkylation sites (tertiary alicyclic amines) is 1. The van der Waals surface area contributed by atoms with Gasteiger partial charge in [-0.15, -0.1) is 0 Å². The molecule has 0 atom stereocenters. The van der Waals surface area contributed by atoms with Crippen molar-refractivity contribution < 1.29 is 0 Å². The minimum atomic E-state index is 0.0318. The summed E-state index contributed by atoms with van der Waals surface area (Å²) < 4.78 is 3.15. The first-order valence-corrected chi connectivity index (χ1v) is 8.30. The summed E-state index contributed by atoms with van der Waals surface area (Å²) in [6.45, 7) is 7.31. The average Bonchev–Trinajstić information content (AvgIpc) is 2.68. The maximum absolute atomic E-state index is 5.86. The summed E-state index contributed by atoms with van der Waals surface area (Å²) in [5.74, 6) is 0. The fourth-order valence-electron chi connectivity index (χ4n) is 2.65. The number of nitrogens with two attached hydrogens (primary N) is 1. The van der Waals surface area contributed by atoms with Crippen LogP contribution in [0.2, 0.25) is 0 Å². The molecule has 2 heterocycles. The number of thiocarbonyl (C=S) groups is 1. The number of nitrogens with zero attached hydrogens (tertiary/aromatic N) is 3. The van der Waals surface area contributed by atoms with Gasteiger partial charge in [0.1, 0.15) is 0 Å². The SMILES string of the molecule is CCc1nn(C)c(CN2CCC(C)(C(N)=S)CC2)c1Br. The van der Waals surface area contributed by atoms with E-state index in [0.29, 0.717) is 4.99 Å². The van der Waals surface area contributed by atoms with Crippen molar-refractivity contribution in [2.75, 3.05) is 13.1 Å². The average molecular weight is 359 g/mol. The van der Waals surface area contributed by atoms with Crippen LogP contribution < -0.4 is 5.73 Å². The van der Waals surface area contributed by atoms with Gasteiger partial charge in [-0.1, -0.05) is 26.1 Å². The van der Waals surface area contributed by atoms with Gasteiger partial charge in [0.2, 0.25) is 0 Å². The van der Waals surface area contributed by atoms with Gasteiger partial charge in [-0.25, -0.2) is 0 Å². The number of aryl methyl sites for hydroxylation is 2. The van der Waals surface area contributed by atoms with Gasteiger partial charge < -0.3 is 5.73 Å². The first kappa shape index (κ1) is 15.9. The summed E-state index contributed by atoms with van der Waals surface area (Å²) in [6.07, 6.45) is 3.03. The highest BCUT2D eigenvalue weighted by Crippen LogP contribution is 2.32. The molecule has 0 radical (unpaired) electrons. The van der Waals surface area contributed by atoms with Crippen molar-refractivity contribution in [3.63, 3.8) is 0 Å². The number of aromatic nitrogens is 2. The maximum Gasteiger partial charge on any atom is 0.0788 e. The van der Waals surface area contributed by atoms with Gasteiger partial charge in [-0.3, -0.25) is 9.58 Å². The van der Waals surface area contributed by atoms with Gasteiger partial charge >= 0.3 is 0 Å². The molecule has 1 aromatic heterocycles. The topological polar surface area (TPSA) is 47.1 Å². The molecular weight excluding hydrogens is 336 g/mol. The smallest absolute Gasteiger partial charge is 0.0788 e. The van der Waals surface area contributed by atoms with Gasteiger partial charge in [0.05, 0.1) is 20.8 Å². The first-order chi connectivity index (χ1) is 9.37. The molecule has 0 saturated carbocycles. The summed E-state index contributed by atoms with van der Waals surface area (Å²) >= 11 is 8.88. The van der Waals surface area contributed by atoms with Crippen molar-refractivity contribution in [2.45, 2.75) is 39.7 Å². The lowest BCUT2D eigenvalue weighted by Crippen LogP contribution is -2.44. The number of hydrogen-bond donors (Lipinski definition) is 1. The van der Waals surface area contributed by atoms with Crippen LogP contribution in [0.3, 0.4) is 0 Å². The minimum absolute atomic E-state index is 0.0318. The van der Waals surface area contributed by atoms with Crippen LogP contribution in [0.4, 0.5) is 0 Å². The lowest BCUT2D eigenvalue weighted by Gasteiger charge is -2.38. The van der Waals surface area contributed by atoms with Crippen molar-refractivity contribution in [3.05, 3.63) is 15.9 Å². The fraction of sp³-hybridized carbons (Fsp3) is 0.714. The van der Waals surface area contributed by atoms with Crippen molar-refractivity contribution in [2.24, 2.45) is 18.2 Å². The molecule has 1 fully saturated rings. The number of rotatable bonds is 4. The van der Waals surface area contributed by atoms with E-state index in [2.05, 4.69) is 39.8 Å². The Morgan fingerprint density at radius 3 is 2.50 bits per heavy atom. The highest BCUT2D eigenvalue weighted by Gasteiger charge is 2.33. The van der Waals surface area contributed by atoms with Crippen molar-refractivity contribution in [3.8, 4) is 0 Å². The van der Waals surface area contributed by atoms with E-state index in [1.54, 1.807) is 0 Å². The molecule has 0 unspecified atom stereocenters. The maximum atomic E-state index is 5.86. The lowest BCUT2D eigenvalue weighted by molar-refractivity contribution is 0.154. The Morgan fingerprint density at radius 2 is 2.05 bits per heavy atom. The van der Waals surface area contributed by atoms with Crippen molar-refractivity contribution in [1.29, 1.82) is 0 Å². The standard InChI is InChI=1S/C14H23BrN4S/c1-4-10-12(15)11(18(3)17-10)9-19-7-5-14(2,6-8-19)13(16)20/h4-9H2,1-3H3,(H2,16,20). The molecule has 1 saturated heterocycles. The molecule has 1 aliphatic rings. The zero-order valence-corrected chi connectivity index (χ0v) is 14.9. The molecule has 4 nitrogen and oxygen atoms in total. The van der Waals surface area contributed by atoms with Gasteiger partial charge in [0.25, 0.3) is 0 Å². The minimum Gasteiger partial charge on any atom is -0.393 e. The van der Waals surface area contributed by atoms with Crippen LogP contribution in [0.15, 0.2) is 4.47 Å². The Morgan fingerprint density at radius 1 is 1.45 bits per heavy atom. The second-order valence-electron chi connectivity index (χ2n) is 5.89. The van der Waals surface area contributed by atoms with Gasteiger partial charge in [-0.05, 0) is 48.3 Å². The third kappa shape index (κ3) is 3.07. The molecule has 0 aliphatic carbocycles. The third-order valence-electron chi connectivity index (χ3n) is 4.43. The van der Waals surface area contributed by atoms with E-state index < -0.39 is 0 Å². The Balaban J connectivity index is 2.03. The van der Waals surface area contributed by atoms with Crippen LogP contribution in [0.5, 0.6) is 0 Å².